The molecule has 1 aromatic carbocycles. The zero-order valence-electron chi connectivity index (χ0n) is 11.5. The first-order chi connectivity index (χ1) is 8.72. The lowest BCUT2D eigenvalue weighted by atomic mass is 9.87. The molecular formula is C16H24ClN. The number of nitrogens with one attached hydrogen (secondary N) is 1. The van der Waals surface area contributed by atoms with E-state index in [2.05, 4.69) is 37.5 Å². The molecule has 1 nitrogen and oxygen atoms in total. The molecule has 18 heavy (non-hydrogen) atoms. The first-order valence-corrected chi connectivity index (χ1v) is 7.53. The third-order valence-corrected chi connectivity index (χ3v) is 4.50. The molecule has 1 saturated carbocycles. The van der Waals surface area contributed by atoms with Crippen molar-refractivity contribution >= 4 is 11.6 Å². The molecule has 2 heteroatoms. The van der Waals surface area contributed by atoms with E-state index in [0.29, 0.717) is 6.04 Å². The molecule has 0 spiro atoms. The molecule has 0 amide bonds. The molecule has 0 heterocycles. The second kappa shape index (κ2) is 6.58. The van der Waals surface area contributed by atoms with E-state index >= 15 is 0 Å². The molecule has 1 aliphatic carbocycles. The summed E-state index contributed by atoms with van der Waals surface area (Å²) < 4.78 is 0. The van der Waals surface area contributed by atoms with Crippen LogP contribution in [-0.2, 0) is 0 Å². The number of hydrogen-bond donors (Lipinski definition) is 1. The molecule has 0 bridgehead atoms. The summed E-state index contributed by atoms with van der Waals surface area (Å²) in [6.45, 7) is 2.09. The Hall–Kier alpha value is -0.530. The number of rotatable bonds is 3. The molecule has 2 rings (SSSR count). The van der Waals surface area contributed by atoms with Crippen molar-refractivity contribution in [2.45, 2.75) is 51.5 Å². The zero-order chi connectivity index (χ0) is 13.0. The Balaban J connectivity index is 2.20. The maximum Gasteiger partial charge on any atom is 0.0456 e. The standard InChI is InChI=1S/C16H24ClN/c1-12-9-10-14(15(17)11-12)16(18-2)13-7-5-3-4-6-8-13/h9-11,13,16,18H,3-8H2,1-2H3. The summed E-state index contributed by atoms with van der Waals surface area (Å²) >= 11 is 6.42. The maximum atomic E-state index is 6.42. The molecule has 1 aromatic rings. The van der Waals surface area contributed by atoms with Gasteiger partial charge in [0.05, 0.1) is 0 Å². The lowest BCUT2D eigenvalue weighted by Gasteiger charge is -2.27. The fourth-order valence-electron chi connectivity index (χ4n) is 3.17. The quantitative estimate of drug-likeness (QED) is 0.768. The maximum absolute atomic E-state index is 6.42. The van der Waals surface area contributed by atoms with Gasteiger partial charge in [-0.1, -0.05) is 49.4 Å². The Bertz CT molecular complexity index is 381. The van der Waals surface area contributed by atoms with Gasteiger partial charge in [0, 0.05) is 11.1 Å². The highest BCUT2D eigenvalue weighted by molar-refractivity contribution is 6.31. The molecule has 1 unspecified atom stereocenters. The minimum absolute atomic E-state index is 0.413. The van der Waals surface area contributed by atoms with Crippen molar-refractivity contribution in [2.24, 2.45) is 5.92 Å². The fourth-order valence-corrected chi connectivity index (χ4v) is 3.53. The Morgan fingerprint density at radius 2 is 1.83 bits per heavy atom. The second-order valence-electron chi connectivity index (χ2n) is 5.54. The van der Waals surface area contributed by atoms with Crippen LogP contribution in [0.3, 0.4) is 0 Å². The number of hydrogen-bond acceptors (Lipinski definition) is 1. The summed E-state index contributed by atoms with van der Waals surface area (Å²) in [6.07, 6.45) is 8.19. The molecule has 0 aromatic heterocycles. The van der Waals surface area contributed by atoms with E-state index in [1.807, 2.05) is 0 Å². The molecule has 1 N–H and O–H groups in total. The largest absolute Gasteiger partial charge is 0.313 e. The topological polar surface area (TPSA) is 12.0 Å². The van der Waals surface area contributed by atoms with E-state index in [1.54, 1.807) is 0 Å². The van der Waals surface area contributed by atoms with Crippen molar-refractivity contribution in [3.63, 3.8) is 0 Å². The van der Waals surface area contributed by atoms with Gasteiger partial charge in [-0.05, 0) is 49.9 Å². The highest BCUT2D eigenvalue weighted by atomic mass is 35.5. The molecule has 1 aliphatic rings. The summed E-state index contributed by atoms with van der Waals surface area (Å²) in [5.41, 5.74) is 2.51. The van der Waals surface area contributed by atoms with E-state index in [0.717, 1.165) is 10.9 Å². The lowest BCUT2D eigenvalue weighted by Crippen LogP contribution is -2.25. The molecule has 1 fully saturated rings. The van der Waals surface area contributed by atoms with Crippen LogP contribution < -0.4 is 5.32 Å². The van der Waals surface area contributed by atoms with Crippen LogP contribution in [0.1, 0.15) is 55.7 Å². The van der Waals surface area contributed by atoms with Gasteiger partial charge in [0.15, 0.2) is 0 Å². The first kappa shape index (κ1) is 13.9. The molecule has 1 atom stereocenters. The lowest BCUT2D eigenvalue weighted by molar-refractivity contribution is 0.341. The van der Waals surface area contributed by atoms with Crippen LogP contribution in [-0.4, -0.2) is 7.05 Å². The van der Waals surface area contributed by atoms with Crippen LogP contribution in [0.2, 0.25) is 5.02 Å². The van der Waals surface area contributed by atoms with Gasteiger partial charge in [-0.3, -0.25) is 0 Å². The third kappa shape index (κ3) is 3.27. The minimum atomic E-state index is 0.413. The summed E-state index contributed by atoms with van der Waals surface area (Å²) in [5, 5.41) is 4.41. The average Bonchev–Trinajstić information content (AvgIpc) is 2.62. The molecule has 0 aliphatic heterocycles. The Labute approximate surface area is 116 Å². The minimum Gasteiger partial charge on any atom is -0.313 e. The molecule has 100 valence electrons. The van der Waals surface area contributed by atoms with Crippen molar-refractivity contribution in [1.29, 1.82) is 0 Å². The normalized spacial score (nSPS) is 19.5. The predicted octanol–water partition coefficient (Wildman–Crippen LogP) is 4.88. The van der Waals surface area contributed by atoms with Crippen molar-refractivity contribution in [1.82, 2.24) is 5.32 Å². The van der Waals surface area contributed by atoms with Gasteiger partial charge in [0.25, 0.3) is 0 Å². The highest BCUT2D eigenvalue weighted by Gasteiger charge is 2.24. The second-order valence-corrected chi connectivity index (χ2v) is 5.95. The summed E-state index contributed by atoms with van der Waals surface area (Å²) in [4.78, 5) is 0. The smallest absolute Gasteiger partial charge is 0.0456 e. The van der Waals surface area contributed by atoms with Crippen LogP contribution in [0.25, 0.3) is 0 Å². The van der Waals surface area contributed by atoms with Crippen molar-refractivity contribution < 1.29 is 0 Å². The van der Waals surface area contributed by atoms with Gasteiger partial charge < -0.3 is 5.32 Å². The molecule has 0 saturated heterocycles. The Morgan fingerprint density at radius 3 is 2.39 bits per heavy atom. The van der Waals surface area contributed by atoms with Crippen LogP contribution in [0.5, 0.6) is 0 Å². The molecular weight excluding hydrogens is 242 g/mol. The van der Waals surface area contributed by atoms with E-state index in [4.69, 9.17) is 11.6 Å². The van der Waals surface area contributed by atoms with Crippen molar-refractivity contribution in [2.75, 3.05) is 7.05 Å². The van der Waals surface area contributed by atoms with Gasteiger partial charge in [0.1, 0.15) is 0 Å². The van der Waals surface area contributed by atoms with E-state index in [1.165, 1.54) is 49.7 Å². The van der Waals surface area contributed by atoms with E-state index < -0.39 is 0 Å². The van der Waals surface area contributed by atoms with Crippen molar-refractivity contribution in [3.05, 3.63) is 34.3 Å². The number of halogens is 1. The summed E-state index contributed by atoms with van der Waals surface area (Å²) in [6, 6.07) is 6.86. The van der Waals surface area contributed by atoms with Crippen LogP contribution in [0.15, 0.2) is 18.2 Å². The Kier molecular flexibility index (Phi) is 5.08. The van der Waals surface area contributed by atoms with Gasteiger partial charge in [0.2, 0.25) is 0 Å². The fraction of sp³-hybridized carbons (Fsp3) is 0.625. The summed E-state index contributed by atoms with van der Waals surface area (Å²) in [5.74, 6) is 0.734. The van der Waals surface area contributed by atoms with Gasteiger partial charge >= 0.3 is 0 Å². The zero-order valence-corrected chi connectivity index (χ0v) is 12.3. The average molecular weight is 266 g/mol. The SMILES string of the molecule is CNC(c1ccc(C)cc1Cl)C1CCCCCC1. The van der Waals surface area contributed by atoms with Crippen LogP contribution in [0, 0.1) is 12.8 Å². The number of benzene rings is 1. The molecule has 0 radical (unpaired) electrons. The van der Waals surface area contributed by atoms with Crippen LogP contribution >= 0.6 is 11.6 Å². The number of aryl methyl sites for hydroxylation is 1. The van der Waals surface area contributed by atoms with Crippen LogP contribution in [0.4, 0.5) is 0 Å². The summed E-state index contributed by atoms with van der Waals surface area (Å²) in [7, 11) is 2.06. The third-order valence-electron chi connectivity index (χ3n) is 4.17. The highest BCUT2D eigenvalue weighted by Crippen LogP contribution is 2.36. The van der Waals surface area contributed by atoms with Gasteiger partial charge in [-0.25, -0.2) is 0 Å². The monoisotopic (exact) mass is 265 g/mol. The van der Waals surface area contributed by atoms with Crippen molar-refractivity contribution in [3.8, 4) is 0 Å². The van der Waals surface area contributed by atoms with Gasteiger partial charge in [-0.2, -0.15) is 0 Å². The first-order valence-electron chi connectivity index (χ1n) is 7.15. The van der Waals surface area contributed by atoms with E-state index in [-0.39, 0.29) is 0 Å². The van der Waals surface area contributed by atoms with E-state index in [9.17, 15) is 0 Å². The Morgan fingerprint density at radius 1 is 1.17 bits per heavy atom. The van der Waals surface area contributed by atoms with Gasteiger partial charge in [-0.15, -0.1) is 0 Å². The predicted molar refractivity (Wildman–Crippen MR) is 79.2 cm³/mol.